The summed E-state index contributed by atoms with van der Waals surface area (Å²) in [6, 6.07) is 19.4. The van der Waals surface area contributed by atoms with Gasteiger partial charge in [0.2, 0.25) is 0 Å². The lowest BCUT2D eigenvalue weighted by molar-refractivity contribution is 0.0475. The Morgan fingerprint density at radius 2 is 1.62 bits per heavy atom. The van der Waals surface area contributed by atoms with E-state index in [1.54, 1.807) is 18.2 Å². The SMILES string of the molecule is CS(=O)(=O)c1cccc(-c2cccc3c(C(=O)N4CC5CC(C4)N5)cccc23)c1. The first-order valence-electron chi connectivity index (χ1n) is 9.78. The molecule has 0 aliphatic carbocycles. The number of amides is 1. The summed E-state index contributed by atoms with van der Waals surface area (Å²) in [6.45, 7) is 1.50. The molecule has 0 radical (unpaired) electrons. The third kappa shape index (κ3) is 3.22. The predicted octanol–water partition coefficient (Wildman–Crippen LogP) is 3.10. The van der Waals surface area contributed by atoms with Gasteiger partial charge in [-0.1, -0.05) is 42.5 Å². The first kappa shape index (κ1) is 18.3. The molecule has 0 aromatic heterocycles. The maximum atomic E-state index is 13.2. The second-order valence-corrected chi connectivity index (χ2v) is 10.0. The number of carbonyl (C=O) groups is 1. The van der Waals surface area contributed by atoms with Crippen LogP contribution in [0.4, 0.5) is 0 Å². The lowest BCUT2D eigenvalue weighted by Gasteiger charge is -2.48. The van der Waals surface area contributed by atoms with E-state index in [9.17, 15) is 13.2 Å². The Hall–Kier alpha value is -2.70. The Kier molecular flexibility index (Phi) is 4.22. The number of piperazine rings is 1. The lowest BCUT2D eigenvalue weighted by atomic mass is 9.90. The molecule has 3 saturated heterocycles. The van der Waals surface area contributed by atoms with Gasteiger partial charge in [-0.25, -0.2) is 8.42 Å². The highest BCUT2D eigenvalue weighted by Crippen LogP contribution is 2.32. The van der Waals surface area contributed by atoms with Crippen LogP contribution in [0.25, 0.3) is 21.9 Å². The van der Waals surface area contributed by atoms with Crippen LogP contribution in [0.1, 0.15) is 16.8 Å². The lowest BCUT2D eigenvalue weighted by Crippen LogP contribution is -2.67. The number of hydrogen-bond acceptors (Lipinski definition) is 4. The normalized spacial score (nSPS) is 21.1. The van der Waals surface area contributed by atoms with E-state index in [1.807, 2.05) is 47.4 Å². The maximum absolute atomic E-state index is 13.2. The molecule has 2 unspecified atom stereocenters. The van der Waals surface area contributed by atoms with Crippen LogP contribution in [0.15, 0.2) is 65.6 Å². The summed E-state index contributed by atoms with van der Waals surface area (Å²) in [7, 11) is -3.29. The van der Waals surface area contributed by atoms with Crippen LogP contribution in [-0.4, -0.2) is 50.7 Å². The van der Waals surface area contributed by atoms with Crippen molar-refractivity contribution in [3.63, 3.8) is 0 Å². The number of hydrogen-bond donors (Lipinski definition) is 1. The van der Waals surface area contributed by atoms with Gasteiger partial charge in [0.05, 0.1) is 4.90 Å². The van der Waals surface area contributed by atoms with Crippen LogP contribution in [0.5, 0.6) is 0 Å². The minimum Gasteiger partial charge on any atom is -0.336 e. The number of sulfone groups is 1. The number of carbonyl (C=O) groups excluding carboxylic acids is 1. The van der Waals surface area contributed by atoms with Gasteiger partial charge in [0, 0.05) is 37.0 Å². The molecule has 6 rings (SSSR count). The van der Waals surface area contributed by atoms with Gasteiger partial charge in [-0.3, -0.25) is 4.79 Å². The minimum atomic E-state index is -3.29. The molecular weight excluding hydrogens is 384 g/mol. The van der Waals surface area contributed by atoms with E-state index >= 15 is 0 Å². The summed E-state index contributed by atoms with van der Waals surface area (Å²) in [5.41, 5.74) is 2.45. The molecule has 3 aliphatic heterocycles. The number of nitrogens with zero attached hydrogens (tertiary/aromatic N) is 1. The van der Waals surface area contributed by atoms with Crippen molar-refractivity contribution in [2.45, 2.75) is 23.4 Å². The van der Waals surface area contributed by atoms with Gasteiger partial charge in [-0.15, -0.1) is 0 Å². The highest BCUT2D eigenvalue weighted by Gasteiger charge is 2.38. The molecule has 3 aromatic rings. The largest absolute Gasteiger partial charge is 0.336 e. The summed E-state index contributed by atoms with van der Waals surface area (Å²) in [5.74, 6) is 0.0637. The van der Waals surface area contributed by atoms with Gasteiger partial charge in [0.15, 0.2) is 9.84 Å². The van der Waals surface area contributed by atoms with Crippen molar-refractivity contribution in [1.29, 1.82) is 0 Å². The van der Waals surface area contributed by atoms with Crippen LogP contribution in [-0.2, 0) is 9.84 Å². The zero-order valence-electron chi connectivity index (χ0n) is 16.1. The quantitative estimate of drug-likeness (QED) is 0.726. The molecule has 5 nitrogen and oxygen atoms in total. The Bertz CT molecular complexity index is 1220. The number of fused-ring (bicyclic) bond motifs is 3. The number of nitrogens with one attached hydrogen (secondary N) is 1. The molecule has 3 heterocycles. The van der Waals surface area contributed by atoms with Crippen molar-refractivity contribution < 1.29 is 13.2 Å². The van der Waals surface area contributed by atoms with E-state index in [2.05, 4.69) is 5.32 Å². The Balaban J connectivity index is 1.59. The fourth-order valence-corrected chi connectivity index (χ4v) is 5.16. The van der Waals surface area contributed by atoms with Gasteiger partial charge < -0.3 is 10.2 Å². The zero-order chi connectivity index (χ0) is 20.2. The molecule has 6 heteroatoms. The molecule has 29 heavy (non-hydrogen) atoms. The average Bonchev–Trinajstić information content (AvgIpc) is 2.71. The molecule has 0 spiro atoms. The fraction of sp³-hybridized carbons (Fsp3) is 0.261. The summed E-state index contributed by atoms with van der Waals surface area (Å²) in [6.07, 6.45) is 2.37. The van der Waals surface area contributed by atoms with Crippen LogP contribution in [0.3, 0.4) is 0 Å². The summed E-state index contributed by atoms with van der Waals surface area (Å²) in [5, 5.41) is 5.30. The zero-order valence-corrected chi connectivity index (χ0v) is 16.9. The highest BCUT2D eigenvalue weighted by molar-refractivity contribution is 7.90. The summed E-state index contributed by atoms with van der Waals surface area (Å²) >= 11 is 0. The van der Waals surface area contributed by atoms with Gasteiger partial charge in [-0.2, -0.15) is 0 Å². The van der Waals surface area contributed by atoms with Crippen LogP contribution >= 0.6 is 0 Å². The van der Waals surface area contributed by atoms with E-state index in [0.717, 1.165) is 41.4 Å². The van der Waals surface area contributed by atoms with Crippen molar-refractivity contribution >= 4 is 26.5 Å². The molecule has 2 atom stereocenters. The Labute approximate surface area is 170 Å². The number of piperidine rings is 1. The fourth-order valence-electron chi connectivity index (χ4n) is 4.49. The van der Waals surface area contributed by atoms with Gasteiger partial charge >= 0.3 is 0 Å². The van der Waals surface area contributed by atoms with Gasteiger partial charge in [-0.05, 0) is 46.5 Å². The van der Waals surface area contributed by atoms with Crippen molar-refractivity contribution in [2.24, 2.45) is 0 Å². The Morgan fingerprint density at radius 1 is 0.966 bits per heavy atom. The molecule has 3 aliphatic rings. The number of rotatable bonds is 3. The van der Waals surface area contributed by atoms with Crippen molar-refractivity contribution in [1.82, 2.24) is 10.2 Å². The second-order valence-electron chi connectivity index (χ2n) is 8.01. The van der Waals surface area contributed by atoms with E-state index in [4.69, 9.17) is 0 Å². The van der Waals surface area contributed by atoms with Crippen molar-refractivity contribution in [3.05, 3.63) is 66.2 Å². The minimum absolute atomic E-state index is 0.0637. The second kappa shape index (κ2) is 6.68. The van der Waals surface area contributed by atoms with Crippen molar-refractivity contribution in [3.8, 4) is 11.1 Å². The standard InChI is InChI=1S/C23H22N2O3S/c1-29(27,28)18-6-2-5-15(11-18)19-7-3-9-21-20(19)8-4-10-22(21)23(26)25-13-16-12-17(14-25)24-16/h2-11,16-17,24H,12-14H2,1H3. The predicted molar refractivity (Wildman–Crippen MR) is 114 cm³/mol. The third-order valence-corrected chi connectivity index (χ3v) is 7.05. The summed E-state index contributed by atoms with van der Waals surface area (Å²) in [4.78, 5) is 15.5. The van der Waals surface area contributed by atoms with Gasteiger partial charge in [0.1, 0.15) is 0 Å². The molecule has 3 aromatic carbocycles. The van der Waals surface area contributed by atoms with Crippen molar-refractivity contribution in [2.75, 3.05) is 19.3 Å². The van der Waals surface area contributed by atoms with E-state index < -0.39 is 9.84 Å². The molecule has 2 bridgehead atoms. The first-order chi connectivity index (χ1) is 13.9. The molecule has 1 amide bonds. The molecule has 3 fully saturated rings. The third-order valence-electron chi connectivity index (χ3n) is 5.93. The van der Waals surface area contributed by atoms with Crippen LogP contribution in [0, 0.1) is 0 Å². The Morgan fingerprint density at radius 3 is 2.34 bits per heavy atom. The topological polar surface area (TPSA) is 66.5 Å². The monoisotopic (exact) mass is 406 g/mol. The van der Waals surface area contributed by atoms with E-state index in [0.29, 0.717) is 22.5 Å². The van der Waals surface area contributed by atoms with Gasteiger partial charge in [0.25, 0.3) is 5.91 Å². The first-order valence-corrected chi connectivity index (χ1v) is 11.7. The smallest absolute Gasteiger partial charge is 0.254 e. The summed E-state index contributed by atoms with van der Waals surface area (Å²) < 4.78 is 23.9. The van der Waals surface area contributed by atoms with Crippen LogP contribution < -0.4 is 5.32 Å². The van der Waals surface area contributed by atoms with E-state index in [1.165, 1.54) is 6.26 Å². The number of benzene rings is 3. The average molecular weight is 407 g/mol. The molecular formula is C23H22N2O3S. The van der Waals surface area contributed by atoms with E-state index in [-0.39, 0.29) is 5.91 Å². The highest BCUT2D eigenvalue weighted by atomic mass is 32.2. The molecule has 1 N–H and O–H groups in total. The molecule has 148 valence electrons. The maximum Gasteiger partial charge on any atom is 0.254 e. The van der Waals surface area contributed by atoms with Crippen LogP contribution in [0.2, 0.25) is 0 Å². The molecule has 0 saturated carbocycles.